The molecule has 0 amide bonds. The molecule has 3 atom stereocenters. The Bertz CT molecular complexity index is 747. The summed E-state index contributed by atoms with van der Waals surface area (Å²) in [7, 11) is 1.66. The van der Waals surface area contributed by atoms with Gasteiger partial charge in [-0.1, -0.05) is 13.0 Å². The van der Waals surface area contributed by atoms with Crippen molar-refractivity contribution in [2.75, 3.05) is 32.1 Å². The summed E-state index contributed by atoms with van der Waals surface area (Å²) in [4.78, 5) is 6.89. The van der Waals surface area contributed by atoms with Crippen molar-refractivity contribution in [1.82, 2.24) is 9.88 Å². The monoisotopic (exact) mass is 357 g/mol. The number of fused-ring (bicyclic) bond motifs is 1. The highest BCUT2D eigenvalue weighted by atomic mass is 16.5. The molecular formula is C21H31N3O2. The number of nitrogens with one attached hydrogen (secondary N) is 1. The summed E-state index contributed by atoms with van der Waals surface area (Å²) in [6, 6.07) is 8.37. The molecule has 0 aliphatic carbocycles. The lowest BCUT2D eigenvalue weighted by molar-refractivity contribution is 0.00269. The van der Waals surface area contributed by atoms with Crippen molar-refractivity contribution in [2.45, 2.75) is 45.3 Å². The second kappa shape index (κ2) is 7.80. The summed E-state index contributed by atoms with van der Waals surface area (Å²) in [5, 5.41) is 15.4. The van der Waals surface area contributed by atoms with Crippen LogP contribution in [-0.4, -0.2) is 53.4 Å². The van der Waals surface area contributed by atoms with Crippen LogP contribution < -0.4 is 10.1 Å². The van der Waals surface area contributed by atoms with Crippen molar-refractivity contribution in [3.05, 3.63) is 30.5 Å². The number of β-amino-alcohol motifs (C(OH)–C–C–N with tert-alkyl or cyclic N) is 1. The molecule has 1 aromatic carbocycles. The third-order valence-electron chi connectivity index (χ3n) is 5.39. The summed E-state index contributed by atoms with van der Waals surface area (Å²) in [6.07, 6.45) is 4.20. The molecule has 0 spiro atoms. The van der Waals surface area contributed by atoms with Crippen LogP contribution in [0.25, 0.3) is 10.9 Å². The summed E-state index contributed by atoms with van der Waals surface area (Å²) < 4.78 is 5.40. The second-order valence-electron chi connectivity index (χ2n) is 8.05. The molecule has 0 radical (unpaired) electrons. The fourth-order valence-corrected chi connectivity index (χ4v) is 3.89. The van der Waals surface area contributed by atoms with Crippen molar-refractivity contribution >= 4 is 16.6 Å². The van der Waals surface area contributed by atoms with Crippen LogP contribution in [0.5, 0.6) is 5.75 Å². The minimum Gasteiger partial charge on any atom is -0.497 e. The quantitative estimate of drug-likeness (QED) is 0.828. The molecule has 1 aromatic heterocycles. The first-order chi connectivity index (χ1) is 12.4. The molecule has 0 saturated carbocycles. The topological polar surface area (TPSA) is 57.6 Å². The maximum absolute atomic E-state index is 11.0. The van der Waals surface area contributed by atoms with Crippen molar-refractivity contribution in [3.8, 4) is 5.75 Å². The minimum absolute atomic E-state index is 0.463. The highest BCUT2D eigenvalue weighted by molar-refractivity contribution is 5.91. The van der Waals surface area contributed by atoms with E-state index in [1.54, 1.807) is 13.3 Å². The van der Waals surface area contributed by atoms with Crippen LogP contribution in [0.4, 0.5) is 5.69 Å². The van der Waals surface area contributed by atoms with Crippen LogP contribution >= 0.6 is 0 Å². The van der Waals surface area contributed by atoms with Crippen LogP contribution in [0.3, 0.4) is 0 Å². The SMILES string of the molecule is COc1cc(NC[C@@](C)(O)CN2CC[C@@H](C)C[C@H]2C)c2ncccc2c1. The van der Waals surface area contributed by atoms with E-state index in [1.807, 2.05) is 31.2 Å². The Hall–Kier alpha value is -1.85. The maximum Gasteiger partial charge on any atom is 0.121 e. The second-order valence-corrected chi connectivity index (χ2v) is 8.05. The first-order valence-electron chi connectivity index (χ1n) is 9.51. The third kappa shape index (κ3) is 4.46. The lowest BCUT2D eigenvalue weighted by Gasteiger charge is -2.40. The summed E-state index contributed by atoms with van der Waals surface area (Å²) in [5.41, 5.74) is 0.962. The predicted molar refractivity (Wildman–Crippen MR) is 107 cm³/mol. The van der Waals surface area contributed by atoms with Gasteiger partial charge in [0.25, 0.3) is 0 Å². The van der Waals surface area contributed by atoms with Crippen molar-refractivity contribution in [1.29, 1.82) is 0 Å². The molecule has 1 saturated heterocycles. The van der Waals surface area contributed by atoms with Crippen LogP contribution in [0.1, 0.15) is 33.6 Å². The Morgan fingerprint density at radius 3 is 2.92 bits per heavy atom. The van der Waals surface area contributed by atoms with Crippen LogP contribution in [-0.2, 0) is 0 Å². The molecule has 26 heavy (non-hydrogen) atoms. The van der Waals surface area contributed by atoms with Gasteiger partial charge in [0, 0.05) is 36.8 Å². The molecule has 2 aromatic rings. The highest BCUT2D eigenvalue weighted by Crippen LogP contribution is 2.29. The number of likely N-dealkylation sites (tertiary alicyclic amines) is 1. The number of methoxy groups -OCH3 is 1. The molecule has 1 aliphatic heterocycles. The van der Waals surface area contributed by atoms with Gasteiger partial charge in [-0.3, -0.25) is 9.88 Å². The van der Waals surface area contributed by atoms with E-state index in [0.717, 1.165) is 34.8 Å². The average molecular weight is 357 g/mol. The van der Waals surface area contributed by atoms with E-state index in [-0.39, 0.29) is 0 Å². The molecule has 2 heterocycles. The number of piperidine rings is 1. The van der Waals surface area contributed by atoms with Crippen LogP contribution in [0.15, 0.2) is 30.5 Å². The van der Waals surface area contributed by atoms with E-state index < -0.39 is 5.60 Å². The first kappa shape index (κ1) is 18.9. The van der Waals surface area contributed by atoms with Gasteiger partial charge in [-0.05, 0) is 51.3 Å². The van der Waals surface area contributed by atoms with Gasteiger partial charge in [0.2, 0.25) is 0 Å². The van der Waals surface area contributed by atoms with Crippen LogP contribution in [0, 0.1) is 5.92 Å². The molecule has 2 N–H and O–H groups in total. The number of pyridine rings is 1. The average Bonchev–Trinajstić information content (AvgIpc) is 2.62. The summed E-state index contributed by atoms with van der Waals surface area (Å²) in [6.45, 7) is 8.67. The molecular weight excluding hydrogens is 326 g/mol. The number of nitrogens with zero attached hydrogens (tertiary/aromatic N) is 2. The molecule has 142 valence electrons. The van der Waals surface area contributed by atoms with Gasteiger partial charge >= 0.3 is 0 Å². The zero-order valence-corrected chi connectivity index (χ0v) is 16.3. The maximum atomic E-state index is 11.0. The first-order valence-corrected chi connectivity index (χ1v) is 9.51. The predicted octanol–water partition coefficient (Wildman–Crippen LogP) is 3.53. The van der Waals surface area contributed by atoms with E-state index in [0.29, 0.717) is 19.1 Å². The Balaban J connectivity index is 1.70. The van der Waals surface area contributed by atoms with E-state index in [1.165, 1.54) is 12.8 Å². The van der Waals surface area contributed by atoms with Crippen LogP contribution in [0.2, 0.25) is 0 Å². The molecule has 3 rings (SSSR count). The largest absolute Gasteiger partial charge is 0.497 e. The fraction of sp³-hybridized carbons (Fsp3) is 0.571. The molecule has 5 heteroatoms. The highest BCUT2D eigenvalue weighted by Gasteiger charge is 2.30. The number of ether oxygens (including phenoxy) is 1. The van der Waals surface area contributed by atoms with Gasteiger partial charge in [0.1, 0.15) is 5.75 Å². The smallest absolute Gasteiger partial charge is 0.121 e. The molecule has 5 nitrogen and oxygen atoms in total. The van der Waals surface area contributed by atoms with Gasteiger partial charge in [-0.15, -0.1) is 0 Å². The van der Waals surface area contributed by atoms with E-state index in [9.17, 15) is 5.11 Å². The Labute approximate surface area is 156 Å². The Morgan fingerprint density at radius 2 is 2.19 bits per heavy atom. The number of aliphatic hydroxyl groups is 1. The van der Waals surface area contributed by atoms with Gasteiger partial charge in [0.15, 0.2) is 0 Å². The molecule has 1 aliphatic rings. The van der Waals surface area contributed by atoms with E-state index in [2.05, 4.69) is 29.0 Å². The van der Waals surface area contributed by atoms with Crippen molar-refractivity contribution in [2.24, 2.45) is 5.92 Å². The number of benzene rings is 1. The Morgan fingerprint density at radius 1 is 1.38 bits per heavy atom. The Kier molecular flexibility index (Phi) is 5.68. The lowest BCUT2D eigenvalue weighted by atomic mass is 9.92. The van der Waals surface area contributed by atoms with Gasteiger partial charge in [0.05, 0.1) is 23.9 Å². The van der Waals surface area contributed by atoms with Crippen molar-refractivity contribution in [3.63, 3.8) is 0 Å². The number of anilines is 1. The van der Waals surface area contributed by atoms with Gasteiger partial charge in [-0.25, -0.2) is 0 Å². The van der Waals surface area contributed by atoms with E-state index >= 15 is 0 Å². The number of rotatable bonds is 6. The number of hydrogen-bond acceptors (Lipinski definition) is 5. The number of hydrogen-bond donors (Lipinski definition) is 2. The fourth-order valence-electron chi connectivity index (χ4n) is 3.89. The molecule has 0 bridgehead atoms. The number of aromatic nitrogens is 1. The van der Waals surface area contributed by atoms with E-state index in [4.69, 9.17) is 4.74 Å². The zero-order valence-electron chi connectivity index (χ0n) is 16.3. The lowest BCUT2D eigenvalue weighted by Crippen LogP contribution is -2.51. The van der Waals surface area contributed by atoms with Crippen molar-refractivity contribution < 1.29 is 9.84 Å². The zero-order chi connectivity index (χ0) is 18.7. The normalized spacial score (nSPS) is 23.6. The molecule has 0 unspecified atom stereocenters. The van der Waals surface area contributed by atoms with Gasteiger partial charge < -0.3 is 15.2 Å². The standard InChI is InChI=1S/C21H31N3O2/c1-15-7-9-24(16(2)10-15)14-21(3,25)13-23-19-12-18(26-4)11-17-6-5-8-22-20(17)19/h5-6,8,11-12,15-16,23,25H,7,9-10,13-14H2,1-4H3/t15-,16-,21-/m1/s1. The molecule has 1 fully saturated rings. The minimum atomic E-state index is -0.820. The summed E-state index contributed by atoms with van der Waals surface area (Å²) >= 11 is 0. The van der Waals surface area contributed by atoms with Gasteiger partial charge in [-0.2, -0.15) is 0 Å². The summed E-state index contributed by atoms with van der Waals surface area (Å²) in [5.74, 6) is 1.56. The third-order valence-corrected chi connectivity index (χ3v) is 5.39.